The summed E-state index contributed by atoms with van der Waals surface area (Å²) in [6, 6.07) is 9.58. The quantitative estimate of drug-likeness (QED) is 0.538. The monoisotopic (exact) mass is 429 g/mol. The van der Waals surface area contributed by atoms with Crippen molar-refractivity contribution in [2.45, 2.75) is 32.7 Å². The highest BCUT2D eigenvalue weighted by molar-refractivity contribution is 5.97. The van der Waals surface area contributed by atoms with E-state index in [4.69, 9.17) is 0 Å². The highest BCUT2D eigenvalue weighted by Crippen LogP contribution is 2.41. The number of nitrogens with one attached hydrogen (secondary N) is 1. The summed E-state index contributed by atoms with van der Waals surface area (Å²) >= 11 is 0. The van der Waals surface area contributed by atoms with Crippen molar-refractivity contribution in [1.29, 1.82) is 0 Å². The van der Waals surface area contributed by atoms with Crippen LogP contribution in [0.2, 0.25) is 0 Å². The average molecular weight is 429 g/mol. The third-order valence-corrected chi connectivity index (χ3v) is 5.79. The minimum absolute atomic E-state index is 0.00584. The van der Waals surface area contributed by atoms with E-state index in [0.717, 1.165) is 28.0 Å². The Morgan fingerprint density at radius 3 is 2.78 bits per heavy atom. The van der Waals surface area contributed by atoms with Gasteiger partial charge in [0.05, 0.1) is 6.20 Å². The lowest BCUT2D eigenvalue weighted by molar-refractivity contribution is -0.117. The van der Waals surface area contributed by atoms with Crippen LogP contribution in [0.4, 0.5) is 11.4 Å². The number of benzene rings is 1. The van der Waals surface area contributed by atoms with Crippen LogP contribution in [0.5, 0.6) is 0 Å². The molecule has 0 spiro atoms. The molecule has 0 saturated heterocycles. The van der Waals surface area contributed by atoms with Crippen molar-refractivity contribution in [3.8, 4) is 11.1 Å². The topological polar surface area (TPSA) is 97.4 Å². The summed E-state index contributed by atoms with van der Waals surface area (Å²) in [5, 5.41) is 11.3. The lowest BCUT2D eigenvalue weighted by atomic mass is 9.87. The number of pyridine rings is 1. The van der Waals surface area contributed by atoms with Gasteiger partial charge in [-0.1, -0.05) is 19.9 Å². The number of hydrogen-bond donors (Lipinski definition) is 1. The number of rotatable bonds is 4. The number of nitrogens with zero attached hydrogens (tertiary/aromatic N) is 6. The van der Waals surface area contributed by atoms with E-state index in [1.807, 2.05) is 42.7 Å². The van der Waals surface area contributed by atoms with Crippen LogP contribution >= 0.6 is 0 Å². The molecule has 3 aromatic heterocycles. The second kappa shape index (κ2) is 7.30. The van der Waals surface area contributed by atoms with Crippen LogP contribution < -0.4 is 10.2 Å². The highest BCUT2D eigenvalue weighted by atomic mass is 16.2. The van der Waals surface area contributed by atoms with Crippen molar-refractivity contribution < 1.29 is 9.59 Å². The summed E-state index contributed by atoms with van der Waals surface area (Å²) in [5.41, 5.74) is 5.07. The molecule has 9 heteroatoms. The standard InChI is InChI=1S/C23H23N7O2/c1-15(31)29-13-23(2,3)19-5-4-18(9-20(19)29)27-22(32)12-28-11-17(10-25-28)16-6-7-30-21(8-16)24-14-26-30/h4-11,14H,12-13H2,1-3H3,(H,27,32). The molecule has 32 heavy (non-hydrogen) atoms. The van der Waals surface area contributed by atoms with Crippen molar-refractivity contribution in [2.75, 3.05) is 16.8 Å². The lowest BCUT2D eigenvalue weighted by Crippen LogP contribution is -2.32. The van der Waals surface area contributed by atoms with E-state index in [1.165, 1.54) is 6.33 Å². The Labute approximate surface area is 184 Å². The molecule has 162 valence electrons. The number of amides is 2. The Kier molecular flexibility index (Phi) is 4.54. The van der Waals surface area contributed by atoms with E-state index < -0.39 is 0 Å². The normalized spacial score (nSPS) is 14.5. The van der Waals surface area contributed by atoms with Crippen molar-refractivity contribution >= 4 is 28.8 Å². The third-order valence-electron chi connectivity index (χ3n) is 5.79. The molecule has 1 aromatic carbocycles. The molecule has 0 aliphatic carbocycles. The number of carbonyl (C=O) groups excluding carboxylic acids is 2. The minimum atomic E-state index is -0.195. The first-order chi connectivity index (χ1) is 15.3. The summed E-state index contributed by atoms with van der Waals surface area (Å²) in [4.78, 5) is 30.7. The Bertz CT molecular complexity index is 1350. The molecule has 0 unspecified atom stereocenters. The van der Waals surface area contributed by atoms with Gasteiger partial charge in [-0.25, -0.2) is 9.50 Å². The van der Waals surface area contributed by atoms with Gasteiger partial charge in [0.2, 0.25) is 11.8 Å². The first-order valence-electron chi connectivity index (χ1n) is 10.3. The lowest BCUT2D eigenvalue weighted by Gasteiger charge is -2.19. The molecule has 2 amide bonds. The summed E-state index contributed by atoms with van der Waals surface area (Å²) < 4.78 is 3.28. The zero-order chi connectivity index (χ0) is 22.5. The molecule has 0 fully saturated rings. The van der Waals surface area contributed by atoms with Crippen molar-refractivity contribution in [3.63, 3.8) is 0 Å². The SMILES string of the molecule is CC(=O)N1CC(C)(C)c2ccc(NC(=O)Cn3cc(-c4ccn5ncnc5c4)cn3)cc21. The molecular formula is C23H23N7O2. The molecule has 0 saturated carbocycles. The van der Waals surface area contributed by atoms with Gasteiger partial charge in [0.25, 0.3) is 0 Å². The summed E-state index contributed by atoms with van der Waals surface area (Å²) in [5.74, 6) is -0.201. The van der Waals surface area contributed by atoms with E-state index in [2.05, 4.69) is 34.3 Å². The maximum Gasteiger partial charge on any atom is 0.246 e. The van der Waals surface area contributed by atoms with Crippen LogP contribution in [0.3, 0.4) is 0 Å². The average Bonchev–Trinajstić information content (AvgIpc) is 3.45. The number of carbonyl (C=O) groups is 2. The van der Waals surface area contributed by atoms with Crippen molar-refractivity contribution in [1.82, 2.24) is 24.4 Å². The van der Waals surface area contributed by atoms with E-state index >= 15 is 0 Å². The van der Waals surface area contributed by atoms with Gasteiger partial charge in [-0.05, 0) is 35.4 Å². The van der Waals surface area contributed by atoms with Gasteiger partial charge < -0.3 is 10.2 Å². The summed E-state index contributed by atoms with van der Waals surface area (Å²) in [6.07, 6.45) is 6.88. The van der Waals surface area contributed by atoms with Gasteiger partial charge in [-0.15, -0.1) is 0 Å². The smallest absolute Gasteiger partial charge is 0.246 e. The molecule has 9 nitrogen and oxygen atoms in total. The molecule has 1 aliphatic rings. The maximum atomic E-state index is 12.6. The summed E-state index contributed by atoms with van der Waals surface area (Å²) in [7, 11) is 0. The molecule has 1 N–H and O–H groups in total. The first-order valence-corrected chi connectivity index (χ1v) is 10.3. The van der Waals surface area contributed by atoms with Gasteiger partial charge in [0, 0.05) is 48.2 Å². The maximum absolute atomic E-state index is 12.6. The van der Waals surface area contributed by atoms with Crippen LogP contribution in [0.1, 0.15) is 26.3 Å². The Hall–Kier alpha value is -4.01. The molecule has 4 heterocycles. The third kappa shape index (κ3) is 3.51. The van der Waals surface area contributed by atoms with E-state index in [0.29, 0.717) is 12.2 Å². The molecule has 0 radical (unpaired) electrons. The molecule has 0 atom stereocenters. The molecular weight excluding hydrogens is 406 g/mol. The Balaban J connectivity index is 1.30. The molecule has 5 rings (SSSR count). The first kappa shape index (κ1) is 19.9. The summed E-state index contributed by atoms with van der Waals surface area (Å²) in [6.45, 7) is 6.50. The number of aromatic nitrogens is 5. The van der Waals surface area contributed by atoms with Crippen molar-refractivity contribution in [3.05, 3.63) is 60.8 Å². The van der Waals surface area contributed by atoms with Gasteiger partial charge in [0.15, 0.2) is 5.65 Å². The molecule has 0 bridgehead atoms. The van der Waals surface area contributed by atoms with Gasteiger partial charge in [0.1, 0.15) is 12.9 Å². The second-order valence-electron chi connectivity index (χ2n) is 8.67. The second-order valence-corrected chi connectivity index (χ2v) is 8.67. The number of hydrogen-bond acceptors (Lipinski definition) is 5. The van der Waals surface area contributed by atoms with Gasteiger partial charge >= 0.3 is 0 Å². The highest BCUT2D eigenvalue weighted by Gasteiger charge is 2.36. The molecule has 1 aliphatic heterocycles. The van der Waals surface area contributed by atoms with E-state index in [1.54, 1.807) is 27.2 Å². The van der Waals surface area contributed by atoms with Crippen LogP contribution in [-0.2, 0) is 21.5 Å². The van der Waals surface area contributed by atoms with Crippen LogP contribution in [0.15, 0.2) is 55.2 Å². The minimum Gasteiger partial charge on any atom is -0.324 e. The Morgan fingerprint density at radius 2 is 1.97 bits per heavy atom. The fourth-order valence-electron chi connectivity index (χ4n) is 4.19. The predicted octanol–water partition coefficient (Wildman–Crippen LogP) is 2.88. The van der Waals surface area contributed by atoms with Crippen LogP contribution in [0.25, 0.3) is 16.8 Å². The largest absolute Gasteiger partial charge is 0.324 e. The van der Waals surface area contributed by atoms with Crippen LogP contribution in [0, 0.1) is 0 Å². The zero-order valence-corrected chi connectivity index (χ0v) is 18.1. The number of anilines is 2. The molecule has 4 aromatic rings. The predicted molar refractivity (Wildman–Crippen MR) is 120 cm³/mol. The van der Waals surface area contributed by atoms with E-state index in [-0.39, 0.29) is 23.8 Å². The van der Waals surface area contributed by atoms with E-state index in [9.17, 15) is 9.59 Å². The number of fused-ring (bicyclic) bond motifs is 2. The fraction of sp³-hybridized carbons (Fsp3) is 0.261. The van der Waals surface area contributed by atoms with Gasteiger partial charge in [-0.3, -0.25) is 14.3 Å². The van der Waals surface area contributed by atoms with Crippen molar-refractivity contribution in [2.24, 2.45) is 0 Å². The Morgan fingerprint density at radius 1 is 1.12 bits per heavy atom. The van der Waals surface area contributed by atoms with Gasteiger partial charge in [-0.2, -0.15) is 10.2 Å². The zero-order valence-electron chi connectivity index (χ0n) is 18.1. The van der Waals surface area contributed by atoms with Crippen LogP contribution in [-0.4, -0.2) is 42.7 Å². The fourth-order valence-corrected chi connectivity index (χ4v) is 4.19.